The minimum absolute atomic E-state index is 0.0816. The Kier molecular flexibility index (Phi) is 11.8. The van der Waals surface area contributed by atoms with Gasteiger partial charge in [0.25, 0.3) is 5.92 Å². The topological polar surface area (TPSA) is 104 Å². The number of thioether (sulfide) groups is 1. The van der Waals surface area contributed by atoms with Crippen LogP contribution in [0.15, 0.2) is 56.6 Å². The third-order valence-corrected chi connectivity index (χ3v) is 7.92. The zero-order valence-electron chi connectivity index (χ0n) is 21.0. The number of nitrogens with zero attached hydrogens (tertiary/aromatic N) is 3. The Bertz CT molecular complexity index is 1180. The normalized spacial score (nSPS) is 18.9. The maximum absolute atomic E-state index is 14.4. The number of carbonyl (C=O) groups is 2. The smallest absolute Gasteiger partial charge is 0.337 e. The number of ether oxygens (including phenoxy) is 1. The summed E-state index contributed by atoms with van der Waals surface area (Å²) in [7, 11) is 0. The van der Waals surface area contributed by atoms with Gasteiger partial charge in [0.1, 0.15) is 5.82 Å². The van der Waals surface area contributed by atoms with Crippen LogP contribution >= 0.6 is 39.0 Å². The molecule has 1 unspecified atom stereocenters. The number of aliphatic carboxylic acids is 1. The van der Waals surface area contributed by atoms with Crippen LogP contribution in [0, 0.1) is 11.7 Å². The molecule has 2 aromatic rings. The van der Waals surface area contributed by atoms with Gasteiger partial charge in [-0.15, -0.1) is 23.1 Å². The molecule has 3 heterocycles. The van der Waals surface area contributed by atoms with Gasteiger partial charge in [-0.05, 0) is 36.8 Å². The number of hydrogen-bond acceptors (Lipinski definition) is 9. The molecule has 1 aromatic carbocycles. The summed E-state index contributed by atoms with van der Waals surface area (Å²) in [4.78, 5) is 33.3. The van der Waals surface area contributed by atoms with Crippen LogP contribution in [0.1, 0.15) is 18.4 Å². The van der Waals surface area contributed by atoms with Crippen molar-refractivity contribution in [3.63, 3.8) is 0 Å². The summed E-state index contributed by atoms with van der Waals surface area (Å²) in [6.45, 7) is 2.03. The second kappa shape index (κ2) is 14.8. The molecule has 1 aromatic heterocycles. The summed E-state index contributed by atoms with van der Waals surface area (Å²) in [5.74, 6) is -4.22. The number of thiazole rings is 1. The van der Waals surface area contributed by atoms with E-state index in [9.17, 15) is 22.8 Å². The van der Waals surface area contributed by atoms with E-state index in [1.807, 2.05) is 0 Å². The number of esters is 1. The van der Waals surface area contributed by atoms with Crippen LogP contribution < -0.4 is 5.32 Å². The highest BCUT2D eigenvalue weighted by molar-refractivity contribution is 9.10. The third kappa shape index (κ3) is 10.2. The summed E-state index contributed by atoms with van der Waals surface area (Å²) in [5.41, 5.74) is 0.793. The van der Waals surface area contributed by atoms with E-state index >= 15 is 0 Å². The predicted octanol–water partition coefficient (Wildman–Crippen LogP) is 4.67. The lowest BCUT2D eigenvalue weighted by molar-refractivity contribution is -0.138. The third-order valence-electron chi connectivity index (χ3n) is 5.49. The summed E-state index contributed by atoms with van der Waals surface area (Å²) in [6.07, 6.45) is 1.36. The van der Waals surface area contributed by atoms with Gasteiger partial charge in [-0.2, -0.15) is 0 Å². The average molecular weight is 650 g/mol. The Morgan fingerprint density at radius 2 is 2.18 bits per heavy atom. The fourth-order valence-electron chi connectivity index (χ4n) is 4.05. The molecule has 212 valence electrons. The van der Waals surface area contributed by atoms with Crippen LogP contribution in [-0.2, 0) is 14.3 Å². The fraction of sp³-hybridized carbons (Fsp3) is 0.440. The lowest BCUT2D eigenvalue weighted by atomic mass is 9.96. The number of carboxylic acid groups (broad SMARTS) is 1. The number of benzene rings is 1. The van der Waals surface area contributed by atoms with Gasteiger partial charge in [-0.1, -0.05) is 22.0 Å². The molecule has 0 aliphatic carbocycles. The highest BCUT2D eigenvalue weighted by Gasteiger charge is 2.41. The standard InChI is InChI=1S/C19H24F2N4O4S2.C6H4BrF/c1-2-29-18(28)13-6-23-16(17-22-3-4-31-17)24-14(13)8-25-7-12(5-19(20,21)11-25)9-30-10-15(26)27;7-5-2-1-3-6(8)4-5/h3-4,12H,2,5-11H2,1H3,(H,23,24)(H,26,27);1-4H. The van der Waals surface area contributed by atoms with Gasteiger partial charge in [-0.3, -0.25) is 14.7 Å². The number of hydrogen-bond donors (Lipinski definition) is 2. The van der Waals surface area contributed by atoms with Crippen LogP contribution in [0.5, 0.6) is 0 Å². The molecule has 0 radical (unpaired) electrons. The minimum Gasteiger partial charge on any atom is -0.481 e. The van der Waals surface area contributed by atoms with E-state index in [4.69, 9.17) is 9.84 Å². The molecule has 14 heteroatoms. The Hall–Kier alpha value is -2.42. The average Bonchev–Trinajstić information content (AvgIpc) is 3.38. The molecule has 0 spiro atoms. The van der Waals surface area contributed by atoms with Crippen molar-refractivity contribution in [1.82, 2.24) is 15.2 Å². The first-order chi connectivity index (χ1) is 18.6. The van der Waals surface area contributed by atoms with E-state index in [2.05, 4.69) is 31.2 Å². The first kappa shape index (κ1) is 31.1. The van der Waals surface area contributed by atoms with Crippen LogP contribution in [-0.4, -0.2) is 83.0 Å². The summed E-state index contributed by atoms with van der Waals surface area (Å²) >= 11 is 5.64. The van der Waals surface area contributed by atoms with Crippen molar-refractivity contribution >= 4 is 56.8 Å². The van der Waals surface area contributed by atoms with Crippen LogP contribution in [0.4, 0.5) is 13.2 Å². The fourth-order valence-corrected chi connectivity index (χ4v) is 5.87. The largest absolute Gasteiger partial charge is 0.481 e. The molecule has 1 saturated heterocycles. The number of piperidine rings is 1. The number of carboxylic acids is 1. The maximum Gasteiger partial charge on any atom is 0.337 e. The first-order valence-corrected chi connectivity index (χ1v) is 14.8. The van der Waals surface area contributed by atoms with Gasteiger partial charge in [0.2, 0.25) is 0 Å². The molecule has 4 rings (SSSR count). The van der Waals surface area contributed by atoms with Crippen molar-refractivity contribution < 1.29 is 32.6 Å². The zero-order valence-corrected chi connectivity index (χ0v) is 24.3. The molecule has 1 atom stereocenters. The van der Waals surface area contributed by atoms with E-state index in [1.165, 1.54) is 23.5 Å². The minimum atomic E-state index is -2.89. The van der Waals surface area contributed by atoms with Crippen LogP contribution in [0.3, 0.4) is 0 Å². The van der Waals surface area contributed by atoms with E-state index in [1.54, 1.807) is 35.5 Å². The van der Waals surface area contributed by atoms with Gasteiger partial charge in [0.05, 0.1) is 31.0 Å². The van der Waals surface area contributed by atoms with Crippen molar-refractivity contribution in [1.29, 1.82) is 0 Å². The van der Waals surface area contributed by atoms with Crippen molar-refractivity contribution in [3.05, 3.63) is 62.4 Å². The molecule has 2 N–H and O–H groups in total. The molecular formula is C25H28BrF3N4O4S2. The number of aliphatic imine (C=N–C) groups is 1. The number of aromatic nitrogens is 1. The van der Waals surface area contributed by atoms with Crippen molar-refractivity contribution in [3.8, 4) is 0 Å². The summed E-state index contributed by atoms with van der Waals surface area (Å²) < 4.78 is 46.8. The molecule has 8 nitrogen and oxygen atoms in total. The van der Waals surface area contributed by atoms with E-state index in [0.717, 1.165) is 16.2 Å². The molecule has 1 fully saturated rings. The quantitative estimate of drug-likeness (QED) is 0.378. The Balaban J connectivity index is 0.000000449. The number of nitrogens with one attached hydrogen (secondary N) is 1. The highest BCUT2D eigenvalue weighted by Crippen LogP contribution is 2.33. The van der Waals surface area contributed by atoms with E-state index in [0.29, 0.717) is 34.4 Å². The van der Waals surface area contributed by atoms with Crippen molar-refractivity contribution in [2.24, 2.45) is 10.9 Å². The predicted molar refractivity (Wildman–Crippen MR) is 149 cm³/mol. The second-order valence-electron chi connectivity index (χ2n) is 8.75. The molecule has 0 amide bonds. The summed E-state index contributed by atoms with van der Waals surface area (Å²) in [6, 6.07) is 6.26. The van der Waals surface area contributed by atoms with Gasteiger partial charge >= 0.3 is 11.9 Å². The van der Waals surface area contributed by atoms with Crippen molar-refractivity contribution in [2.75, 3.05) is 44.3 Å². The SMILES string of the molecule is CCOC(=O)C1=C(CN2CC(CSCC(=O)O)CC(F)(F)C2)NC(c2nccs2)=NC1.Fc1cccc(Br)c1. The molecule has 39 heavy (non-hydrogen) atoms. The van der Waals surface area contributed by atoms with E-state index in [-0.39, 0.29) is 43.6 Å². The second-order valence-corrected chi connectivity index (χ2v) is 11.6. The molecule has 2 aliphatic heterocycles. The highest BCUT2D eigenvalue weighted by atomic mass is 79.9. The lowest BCUT2D eigenvalue weighted by Crippen LogP contribution is -2.50. The molecule has 2 aliphatic rings. The Labute approximate surface area is 240 Å². The van der Waals surface area contributed by atoms with Crippen LogP contribution in [0.25, 0.3) is 0 Å². The summed E-state index contributed by atoms with van der Waals surface area (Å²) in [5, 5.41) is 14.3. The molecular weight excluding hydrogens is 621 g/mol. The van der Waals surface area contributed by atoms with Crippen LogP contribution in [0.2, 0.25) is 0 Å². The zero-order chi connectivity index (χ0) is 28.4. The Morgan fingerprint density at radius 3 is 2.79 bits per heavy atom. The van der Waals surface area contributed by atoms with Crippen molar-refractivity contribution in [2.45, 2.75) is 19.3 Å². The Morgan fingerprint density at radius 1 is 1.38 bits per heavy atom. The number of likely N-dealkylation sites (tertiary alicyclic amines) is 1. The van der Waals surface area contributed by atoms with E-state index < -0.39 is 24.4 Å². The maximum atomic E-state index is 14.4. The monoisotopic (exact) mass is 648 g/mol. The molecule has 0 saturated carbocycles. The lowest BCUT2D eigenvalue weighted by Gasteiger charge is -2.38. The van der Waals surface area contributed by atoms with Gasteiger partial charge in [-0.25, -0.2) is 22.9 Å². The number of halogens is 4. The number of alkyl halides is 2. The van der Waals surface area contributed by atoms with Gasteiger partial charge in [0.15, 0.2) is 10.8 Å². The number of carbonyl (C=O) groups excluding carboxylic acids is 1. The molecule has 0 bridgehead atoms. The van der Waals surface area contributed by atoms with Gasteiger partial charge < -0.3 is 15.2 Å². The van der Waals surface area contributed by atoms with Gasteiger partial charge in [0, 0.05) is 41.3 Å². The number of amidine groups is 1. The number of rotatable bonds is 9. The first-order valence-electron chi connectivity index (χ1n) is 12.0.